The third-order valence-corrected chi connectivity index (χ3v) is 8.05. The Balaban J connectivity index is 1.54. The first-order valence-electron chi connectivity index (χ1n) is 12.0. The molecule has 0 radical (unpaired) electrons. The minimum Gasteiger partial charge on any atom is -0.326 e. The molecule has 1 aliphatic rings. The Bertz CT molecular complexity index is 1540. The second-order valence-corrected chi connectivity index (χ2v) is 12.9. The Labute approximate surface area is 225 Å². The average molecular weight is 583 g/mol. The molecule has 0 spiro atoms. The van der Waals surface area contributed by atoms with Gasteiger partial charge in [-0.3, -0.25) is 4.79 Å². The predicted molar refractivity (Wildman–Crippen MR) is 140 cm³/mol. The van der Waals surface area contributed by atoms with Crippen LogP contribution in [-0.4, -0.2) is 37.4 Å². The molecule has 3 aromatic rings. The maximum atomic E-state index is 15.4. The number of nitrogens with one attached hydrogen (secondary N) is 2. The van der Waals surface area contributed by atoms with E-state index in [1.165, 1.54) is 31.5 Å². The number of benzene rings is 3. The highest BCUT2D eigenvalue weighted by atomic mass is 31.2. The van der Waals surface area contributed by atoms with Crippen molar-refractivity contribution in [1.82, 2.24) is 5.32 Å². The van der Waals surface area contributed by atoms with E-state index in [9.17, 15) is 31.7 Å². The van der Waals surface area contributed by atoms with Crippen LogP contribution in [0.25, 0.3) is 11.1 Å². The van der Waals surface area contributed by atoms with Gasteiger partial charge in [-0.05, 0) is 62.6 Å². The van der Waals surface area contributed by atoms with Gasteiger partial charge in [-0.25, -0.2) is 18.0 Å². The van der Waals surface area contributed by atoms with Crippen molar-refractivity contribution in [2.45, 2.75) is 31.6 Å². The quantitative estimate of drug-likeness (QED) is 0.271. The minimum absolute atomic E-state index is 0.0117. The summed E-state index contributed by atoms with van der Waals surface area (Å²) in [5, 5.41) is 4.71. The van der Waals surface area contributed by atoms with Crippen molar-refractivity contribution in [2.24, 2.45) is 0 Å². The van der Waals surface area contributed by atoms with Crippen molar-refractivity contribution in [2.75, 3.05) is 23.5 Å². The summed E-state index contributed by atoms with van der Waals surface area (Å²) < 4.78 is 95.7. The summed E-state index contributed by atoms with van der Waals surface area (Å²) in [6, 6.07) is 7.41. The summed E-state index contributed by atoms with van der Waals surface area (Å²) in [4.78, 5) is 26.5. The van der Waals surface area contributed by atoms with E-state index in [0.29, 0.717) is 11.4 Å². The van der Waals surface area contributed by atoms with Crippen LogP contribution in [0.4, 0.5) is 42.5 Å². The lowest BCUT2D eigenvalue weighted by molar-refractivity contribution is -0.137. The first-order valence-corrected chi connectivity index (χ1v) is 14.6. The third-order valence-electron chi connectivity index (χ3n) is 6.50. The van der Waals surface area contributed by atoms with Crippen molar-refractivity contribution in [3.8, 4) is 11.1 Å². The van der Waals surface area contributed by atoms with E-state index in [0.717, 1.165) is 11.0 Å². The standard InChI is InChI=1S/C27H24F6N3O3P/c1-14-12-20(35-26(38)34-19-10-8-15(13-18(19)28)27(31,32)33)25(37)36(14)21-11-9-17(23(29)24(21)30)16-6-4-5-7-22(16)40(2,3)39/h4-11,13-14,20H,12H2,1-3H3,(H2,34,35,38)/t14?,20-/m1/s1. The van der Waals surface area contributed by atoms with E-state index in [1.54, 1.807) is 25.1 Å². The number of carbonyl (C=O) groups excluding carboxylic acids is 2. The number of carbonyl (C=O) groups is 2. The van der Waals surface area contributed by atoms with Crippen molar-refractivity contribution in [3.05, 3.63) is 77.6 Å². The molecular formula is C27H24F6N3O3P. The van der Waals surface area contributed by atoms with E-state index in [-0.39, 0.29) is 29.3 Å². The molecule has 1 aliphatic heterocycles. The van der Waals surface area contributed by atoms with Gasteiger partial charge in [-0.1, -0.05) is 24.3 Å². The largest absolute Gasteiger partial charge is 0.416 e. The molecule has 2 atom stereocenters. The molecule has 6 nitrogen and oxygen atoms in total. The van der Waals surface area contributed by atoms with Gasteiger partial charge in [0.2, 0.25) is 5.91 Å². The number of amides is 3. The Morgan fingerprint density at radius 1 is 0.975 bits per heavy atom. The van der Waals surface area contributed by atoms with Crippen molar-refractivity contribution < 1.29 is 40.5 Å². The van der Waals surface area contributed by atoms with Gasteiger partial charge in [-0.2, -0.15) is 13.2 Å². The molecule has 13 heteroatoms. The van der Waals surface area contributed by atoms with Crippen molar-refractivity contribution >= 4 is 35.8 Å². The highest BCUT2D eigenvalue weighted by Gasteiger charge is 2.41. The normalized spacial score (nSPS) is 17.7. The molecule has 0 saturated carbocycles. The van der Waals surface area contributed by atoms with Gasteiger partial charge < -0.3 is 20.1 Å². The van der Waals surface area contributed by atoms with Crippen LogP contribution < -0.4 is 20.8 Å². The SMILES string of the molecule is CC1C[C@@H](NC(=O)Nc2ccc(C(F)(F)F)cc2F)C(=O)N1c1ccc(-c2ccccc2P(C)(C)=O)c(F)c1F. The molecule has 4 rings (SSSR count). The molecule has 0 aromatic heterocycles. The lowest BCUT2D eigenvalue weighted by Crippen LogP contribution is -2.44. The summed E-state index contributed by atoms with van der Waals surface area (Å²) >= 11 is 0. The van der Waals surface area contributed by atoms with Gasteiger partial charge >= 0.3 is 12.2 Å². The summed E-state index contributed by atoms with van der Waals surface area (Å²) in [5.41, 5.74) is -2.04. The van der Waals surface area contributed by atoms with Crippen LogP contribution in [0, 0.1) is 17.5 Å². The van der Waals surface area contributed by atoms with E-state index < -0.39 is 66.0 Å². The van der Waals surface area contributed by atoms with Crippen LogP contribution in [0.2, 0.25) is 0 Å². The molecule has 3 aromatic carbocycles. The minimum atomic E-state index is -4.78. The molecule has 1 saturated heterocycles. The Morgan fingerprint density at radius 3 is 2.27 bits per heavy atom. The molecule has 1 heterocycles. The summed E-state index contributed by atoms with van der Waals surface area (Å²) in [7, 11) is -2.84. The number of anilines is 2. The summed E-state index contributed by atoms with van der Waals surface area (Å²) in [6.07, 6.45) is -4.79. The van der Waals surface area contributed by atoms with E-state index >= 15 is 8.78 Å². The molecule has 0 aliphatic carbocycles. The van der Waals surface area contributed by atoms with Gasteiger partial charge in [-0.15, -0.1) is 0 Å². The van der Waals surface area contributed by atoms with Crippen LogP contribution in [0.5, 0.6) is 0 Å². The van der Waals surface area contributed by atoms with Crippen LogP contribution >= 0.6 is 7.14 Å². The maximum absolute atomic E-state index is 15.4. The fraction of sp³-hybridized carbons (Fsp3) is 0.259. The summed E-state index contributed by atoms with van der Waals surface area (Å²) in [5.74, 6) is -4.66. The number of urea groups is 1. The van der Waals surface area contributed by atoms with Crippen LogP contribution in [0.15, 0.2) is 54.6 Å². The van der Waals surface area contributed by atoms with Gasteiger partial charge in [0.15, 0.2) is 11.6 Å². The monoisotopic (exact) mass is 583 g/mol. The number of hydrogen-bond acceptors (Lipinski definition) is 3. The van der Waals surface area contributed by atoms with Gasteiger partial charge in [0.1, 0.15) is 19.0 Å². The summed E-state index contributed by atoms with van der Waals surface area (Å²) in [6.45, 7) is 4.57. The van der Waals surface area contributed by atoms with E-state index in [2.05, 4.69) is 5.32 Å². The highest BCUT2D eigenvalue weighted by molar-refractivity contribution is 7.70. The first-order chi connectivity index (χ1) is 18.6. The van der Waals surface area contributed by atoms with Crippen LogP contribution in [0.3, 0.4) is 0 Å². The molecule has 0 bridgehead atoms. The topological polar surface area (TPSA) is 78.5 Å². The van der Waals surface area contributed by atoms with Crippen LogP contribution in [0.1, 0.15) is 18.9 Å². The van der Waals surface area contributed by atoms with Gasteiger partial charge in [0.05, 0.1) is 16.9 Å². The van der Waals surface area contributed by atoms with Gasteiger partial charge in [0, 0.05) is 16.9 Å². The van der Waals surface area contributed by atoms with E-state index in [4.69, 9.17) is 0 Å². The number of nitrogens with zero attached hydrogens (tertiary/aromatic N) is 1. The molecule has 3 amide bonds. The van der Waals surface area contributed by atoms with Crippen molar-refractivity contribution in [3.63, 3.8) is 0 Å². The molecule has 1 fully saturated rings. The Hall–Kier alpha value is -3.79. The second kappa shape index (κ2) is 10.6. The fourth-order valence-corrected chi connectivity index (χ4v) is 5.84. The first kappa shape index (κ1) is 29.2. The Morgan fingerprint density at radius 2 is 1.65 bits per heavy atom. The zero-order valence-electron chi connectivity index (χ0n) is 21.4. The number of rotatable bonds is 5. The number of halogens is 6. The molecule has 2 N–H and O–H groups in total. The predicted octanol–water partition coefficient (Wildman–Crippen LogP) is 6.35. The zero-order valence-corrected chi connectivity index (χ0v) is 22.3. The fourth-order valence-electron chi connectivity index (χ4n) is 4.62. The Kier molecular flexibility index (Phi) is 7.77. The number of hydrogen-bond donors (Lipinski definition) is 2. The van der Waals surface area contributed by atoms with Crippen molar-refractivity contribution in [1.29, 1.82) is 0 Å². The average Bonchev–Trinajstić information content (AvgIpc) is 3.13. The molecular weight excluding hydrogens is 559 g/mol. The lowest BCUT2D eigenvalue weighted by Gasteiger charge is -2.23. The smallest absolute Gasteiger partial charge is 0.326 e. The lowest BCUT2D eigenvalue weighted by atomic mass is 10.0. The molecule has 1 unspecified atom stereocenters. The third kappa shape index (κ3) is 5.72. The molecule has 40 heavy (non-hydrogen) atoms. The molecule has 212 valence electrons. The van der Waals surface area contributed by atoms with Crippen LogP contribution in [-0.2, 0) is 15.5 Å². The van der Waals surface area contributed by atoms with E-state index in [1.807, 2.05) is 5.32 Å². The van der Waals surface area contributed by atoms with Gasteiger partial charge in [0.25, 0.3) is 0 Å². The maximum Gasteiger partial charge on any atom is 0.416 e. The zero-order chi connectivity index (χ0) is 29.6. The second-order valence-electron chi connectivity index (χ2n) is 9.76. The highest BCUT2D eigenvalue weighted by Crippen LogP contribution is 2.41. The number of alkyl halides is 3.